The molecule has 0 saturated carbocycles. The number of ether oxygens (including phenoxy) is 1. The molecule has 0 saturated heterocycles. The minimum Gasteiger partial charge on any atom is -0.456 e. The maximum atomic E-state index is 13.6. The molecule has 2 nitrogen and oxygen atoms in total. The molecule has 2 aromatic rings. The summed E-state index contributed by atoms with van der Waals surface area (Å²) in [7, 11) is 0. The van der Waals surface area contributed by atoms with Crippen molar-refractivity contribution in [1.29, 1.82) is 0 Å². The van der Waals surface area contributed by atoms with E-state index in [2.05, 4.69) is 0 Å². The first kappa shape index (κ1) is 13.8. The van der Waals surface area contributed by atoms with Crippen molar-refractivity contribution < 1.29 is 13.9 Å². The van der Waals surface area contributed by atoms with Gasteiger partial charge in [0.25, 0.3) is 0 Å². The van der Waals surface area contributed by atoms with Gasteiger partial charge in [-0.3, -0.25) is 4.79 Å². The number of rotatable bonds is 3. The third-order valence-corrected chi connectivity index (χ3v) is 3.19. The molecule has 98 valence electrons. The Bertz CT molecular complexity index is 641. The van der Waals surface area contributed by atoms with Crippen LogP contribution in [0.2, 0.25) is 10.0 Å². The van der Waals surface area contributed by atoms with E-state index >= 15 is 0 Å². The van der Waals surface area contributed by atoms with Gasteiger partial charge in [-0.15, -0.1) is 0 Å². The number of ketones is 1. The summed E-state index contributed by atoms with van der Waals surface area (Å²) in [6.45, 7) is 1.28. The van der Waals surface area contributed by atoms with E-state index in [1.54, 1.807) is 12.1 Å². The molecule has 5 heteroatoms. The van der Waals surface area contributed by atoms with Crippen molar-refractivity contribution in [1.82, 2.24) is 0 Å². The lowest BCUT2D eigenvalue weighted by Gasteiger charge is -2.10. The zero-order valence-electron chi connectivity index (χ0n) is 9.91. The molecule has 2 aromatic carbocycles. The maximum Gasteiger partial charge on any atom is 0.166 e. The van der Waals surface area contributed by atoms with Crippen LogP contribution in [0.15, 0.2) is 36.4 Å². The van der Waals surface area contributed by atoms with Gasteiger partial charge in [-0.1, -0.05) is 29.3 Å². The molecule has 0 unspecified atom stereocenters. The SMILES string of the molecule is CC(=O)c1c(F)cccc1Oc1ccc(Cl)c(Cl)c1. The quantitative estimate of drug-likeness (QED) is 0.735. The van der Waals surface area contributed by atoms with Crippen LogP contribution in [-0.2, 0) is 0 Å². The van der Waals surface area contributed by atoms with Gasteiger partial charge in [0.15, 0.2) is 5.78 Å². The highest BCUT2D eigenvalue weighted by atomic mass is 35.5. The smallest absolute Gasteiger partial charge is 0.166 e. The number of halogens is 3. The summed E-state index contributed by atoms with van der Waals surface area (Å²) in [4.78, 5) is 11.4. The topological polar surface area (TPSA) is 26.3 Å². The molecular formula is C14H9Cl2FO2. The molecule has 0 N–H and O–H groups in total. The number of Topliss-reactive ketones (excluding diaryl/α,β-unsaturated/α-hetero) is 1. The van der Waals surface area contributed by atoms with Gasteiger partial charge in [-0.25, -0.2) is 4.39 Å². The summed E-state index contributed by atoms with van der Waals surface area (Å²) in [5, 5.41) is 0.708. The molecule has 0 atom stereocenters. The molecule has 0 heterocycles. The second-order valence-corrected chi connectivity index (χ2v) is 4.66. The van der Waals surface area contributed by atoms with E-state index in [0.717, 1.165) is 0 Å². The second kappa shape index (κ2) is 5.59. The second-order valence-electron chi connectivity index (χ2n) is 3.85. The Morgan fingerprint density at radius 3 is 2.53 bits per heavy atom. The molecule has 2 rings (SSSR count). The van der Waals surface area contributed by atoms with E-state index in [-0.39, 0.29) is 11.3 Å². The lowest BCUT2D eigenvalue weighted by atomic mass is 10.1. The van der Waals surface area contributed by atoms with Crippen LogP contribution in [0.3, 0.4) is 0 Å². The van der Waals surface area contributed by atoms with Crippen LogP contribution in [0.25, 0.3) is 0 Å². The van der Waals surface area contributed by atoms with Crippen molar-refractivity contribution in [2.45, 2.75) is 6.92 Å². The first-order chi connectivity index (χ1) is 8.99. The average Bonchev–Trinajstić information content (AvgIpc) is 2.33. The highest BCUT2D eigenvalue weighted by molar-refractivity contribution is 6.42. The Morgan fingerprint density at radius 2 is 1.89 bits per heavy atom. The van der Waals surface area contributed by atoms with Gasteiger partial charge in [0.05, 0.1) is 15.6 Å². The fourth-order valence-corrected chi connectivity index (χ4v) is 1.89. The molecule has 0 aliphatic rings. The highest BCUT2D eigenvalue weighted by Crippen LogP contribution is 2.31. The van der Waals surface area contributed by atoms with Gasteiger partial charge in [0.1, 0.15) is 17.3 Å². The number of benzene rings is 2. The maximum absolute atomic E-state index is 13.6. The summed E-state index contributed by atoms with van der Waals surface area (Å²) in [5.41, 5.74) is -0.0893. The zero-order valence-corrected chi connectivity index (χ0v) is 11.4. The summed E-state index contributed by atoms with van der Waals surface area (Å²) >= 11 is 11.6. The predicted octanol–water partition coefficient (Wildman–Crippen LogP) is 5.13. The number of carbonyl (C=O) groups is 1. The third kappa shape index (κ3) is 3.06. The monoisotopic (exact) mass is 298 g/mol. The molecule has 0 spiro atoms. The van der Waals surface area contributed by atoms with Crippen LogP contribution in [-0.4, -0.2) is 5.78 Å². The zero-order chi connectivity index (χ0) is 14.0. The number of carbonyl (C=O) groups excluding carboxylic acids is 1. The average molecular weight is 299 g/mol. The number of hydrogen-bond donors (Lipinski definition) is 0. The van der Waals surface area contributed by atoms with E-state index in [9.17, 15) is 9.18 Å². The lowest BCUT2D eigenvalue weighted by molar-refractivity contribution is 0.101. The van der Waals surface area contributed by atoms with E-state index in [1.165, 1.54) is 31.2 Å². The van der Waals surface area contributed by atoms with Crippen LogP contribution in [0.5, 0.6) is 11.5 Å². The van der Waals surface area contributed by atoms with Crippen molar-refractivity contribution in [2.24, 2.45) is 0 Å². The van der Waals surface area contributed by atoms with Crippen molar-refractivity contribution in [3.05, 3.63) is 57.8 Å². The van der Waals surface area contributed by atoms with Crippen molar-refractivity contribution >= 4 is 29.0 Å². The Morgan fingerprint density at radius 1 is 1.16 bits per heavy atom. The van der Waals surface area contributed by atoms with Gasteiger partial charge in [-0.05, 0) is 31.2 Å². The van der Waals surface area contributed by atoms with Gasteiger partial charge in [0.2, 0.25) is 0 Å². The van der Waals surface area contributed by atoms with E-state index in [1.807, 2.05) is 0 Å². The largest absolute Gasteiger partial charge is 0.456 e. The molecule has 0 bridgehead atoms. The molecule has 0 radical (unpaired) electrons. The van der Waals surface area contributed by atoms with Crippen LogP contribution in [0.1, 0.15) is 17.3 Å². The Kier molecular flexibility index (Phi) is 4.08. The van der Waals surface area contributed by atoms with Gasteiger partial charge in [0, 0.05) is 6.07 Å². The summed E-state index contributed by atoms with van der Waals surface area (Å²) in [6.07, 6.45) is 0. The fraction of sp³-hybridized carbons (Fsp3) is 0.0714. The van der Waals surface area contributed by atoms with Crippen molar-refractivity contribution in [3.8, 4) is 11.5 Å². The lowest BCUT2D eigenvalue weighted by Crippen LogP contribution is -2.00. The van der Waals surface area contributed by atoms with Crippen LogP contribution >= 0.6 is 23.2 Å². The Balaban J connectivity index is 2.40. The van der Waals surface area contributed by atoms with E-state index in [0.29, 0.717) is 15.8 Å². The summed E-state index contributed by atoms with van der Waals surface area (Å²) < 4.78 is 19.1. The normalized spacial score (nSPS) is 10.3. The molecule has 0 aromatic heterocycles. The van der Waals surface area contributed by atoms with Crippen LogP contribution < -0.4 is 4.74 Å². The number of hydrogen-bond acceptors (Lipinski definition) is 2. The standard InChI is InChI=1S/C14H9Cl2FO2/c1-8(18)14-12(17)3-2-4-13(14)19-9-5-6-10(15)11(16)7-9/h2-7H,1H3. The van der Waals surface area contributed by atoms with Crippen LogP contribution in [0.4, 0.5) is 4.39 Å². The third-order valence-electron chi connectivity index (χ3n) is 2.45. The summed E-state index contributed by atoms with van der Waals surface area (Å²) in [5.74, 6) is -0.508. The minimum atomic E-state index is -0.620. The Labute approximate surface area is 119 Å². The molecule has 0 fully saturated rings. The predicted molar refractivity (Wildman–Crippen MR) is 72.9 cm³/mol. The first-order valence-electron chi connectivity index (χ1n) is 5.41. The minimum absolute atomic E-state index is 0.0893. The van der Waals surface area contributed by atoms with Crippen LogP contribution in [0, 0.1) is 5.82 Å². The van der Waals surface area contributed by atoms with Gasteiger partial charge >= 0.3 is 0 Å². The first-order valence-corrected chi connectivity index (χ1v) is 6.17. The Hall–Kier alpha value is -1.58. The van der Waals surface area contributed by atoms with Crippen molar-refractivity contribution in [2.75, 3.05) is 0 Å². The van der Waals surface area contributed by atoms with Gasteiger partial charge < -0.3 is 4.74 Å². The molecular weight excluding hydrogens is 290 g/mol. The van der Waals surface area contributed by atoms with Gasteiger partial charge in [-0.2, -0.15) is 0 Å². The molecule has 0 aliphatic heterocycles. The molecule has 0 amide bonds. The highest BCUT2D eigenvalue weighted by Gasteiger charge is 2.15. The fourth-order valence-electron chi connectivity index (χ4n) is 1.60. The van der Waals surface area contributed by atoms with E-state index < -0.39 is 11.6 Å². The van der Waals surface area contributed by atoms with Crippen molar-refractivity contribution in [3.63, 3.8) is 0 Å². The van der Waals surface area contributed by atoms with E-state index in [4.69, 9.17) is 27.9 Å². The molecule has 0 aliphatic carbocycles. The summed E-state index contributed by atoms with van der Waals surface area (Å²) in [6, 6.07) is 8.84. The molecule has 19 heavy (non-hydrogen) atoms.